The van der Waals surface area contributed by atoms with Gasteiger partial charge in [-0.3, -0.25) is 0 Å². The highest BCUT2D eigenvalue weighted by molar-refractivity contribution is 5.32. The Labute approximate surface area is 118 Å². The van der Waals surface area contributed by atoms with Crippen molar-refractivity contribution < 1.29 is 13.9 Å². The van der Waals surface area contributed by atoms with E-state index in [1.807, 2.05) is 31.2 Å². The zero-order valence-corrected chi connectivity index (χ0v) is 11.6. The van der Waals surface area contributed by atoms with Gasteiger partial charge >= 0.3 is 0 Å². The van der Waals surface area contributed by atoms with Gasteiger partial charge in [0, 0.05) is 6.04 Å². The number of methoxy groups -OCH3 is 1. The molecule has 2 rings (SSSR count). The fourth-order valence-corrected chi connectivity index (χ4v) is 1.85. The minimum atomic E-state index is -0.391. The smallest absolute Gasteiger partial charge is 0.165 e. The first-order valence-electron chi connectivity index (χ1n) is 6.41. The lowest BCUT2D eigenvalue weighted by Gasteiger charge is -2.10. The molecular weight excluding hydrogens is 257 g/mol. The van der Waals surface area contributed by atoms with Crippen molar-refractivity contribution in [3.8, 4) is 11.5 Å². The van der Waals surface area contributed by atoms with Crippen LogP contribution in [0.5, 0.6) is 11.5 Å². The quantitative estimate of drug-likeness (QED) is 0.909. The predicted octanol–water partition coefficient (Wildman–Crippen LogP) is 3.43. The van der Waals surface area contributed by atoms with Crippen LogP contribution in [-0.2, 0) is 6.61 Å². The van der Waals surface area contributed by atoms with Gasteiger partial charge in [0.1, 0.15) is 12.4 Å². The first-order chi connectivity index (χ1) is 9.60. The molecule has 0 heterocycles. The Kier molecular flexibility index (Phi) is 4.58. The summed E-state index contributed by atoms with van der Waals surface area (Å²) in [5.41, 5.74) is 7.57. The van der Waals surface area contributed by atoms with Crippen molar-refractivity contribution in [2.75, 3.05) is 7.11 Å². The van der Waals surface area contributed by atoms with Gasteiger partial charge in [0.05, 0.1) is 7.11 Å². The van der Waals surface area contributed by atoms with Crippen LogP contribution in [0.25, 0.3) is 0 Å². The topological polar surface area (TPSA) is 44.5 Å². The van der Waals surface area contributed by atoms with Gasteiger partial charge in [0.15, 0.2) is 11.6 Å². The number of nitrogens with two attached hydrogens (primary N) is 1. The van der Waals surface area contributed by atoms with Crippen LogP contribution in [0.15, 0.2) is 42.5 Å². The van der Waals surface area contributed by atoms with Crippen molar-refractivity contribution in [2.45, 2.75) is 19.6 Å². The summed E-state index contributed by atoms with van der Waals surface area (Å²) in [5, 5.41) is 0. The van der Waals surface area contributed by atoms with Gasteiger partial charge < -0.3 is 15.2 Å². The zero-order valence-electron chi connectivity index (χ0n) is 11.6. The van der Waals surface area contributed by atoms with Crippen LogP contribution in [0.4, 0.5) is 4.39 Å². The molecule has 0 spiro atoms. The van der Waals surface area contributed by atoms with Gasteiger partial charge in [-0.1, -0.05) is 18.2 Å². The minimum absolute atomic E-state index is 0.0445. The molecule has 20 heavy (non-hydrogen) atoms. The van der Waals surface area contributed by atoms with Crippen molar-refractivity contribution in [3.63, 3.8) is 0 Å². The third-order valence-corrected chi connectivity index (χ3v) is 3.01. The molecular formula is C16H18FNO2. The first kappa shape index (κ1) is 14.3. The van der Waals surface area contributed by atoms with Crippen LogP contribution in [0, 0.1) is 5.82 Å². The SMILES string of the molecule is COc1ccc(COc2cccc(C(C)N)c2)cc1F. The minimum Gasteiger partial charge on any atom is -0.494 e. The highest BCUT2D eigenvalue weighted by Gasteiger charge is 2.05. The van der Waals surface area contributed by atoms with Crippen LogP contribution >= 0.6 is 0 Å². The van der Waals surface area contributed by atoms with Gasteiger partial charge in [0.2, 0.25) is 0 Å². The summed E-state index contributed by atoms with van der Waals surface area (Å²) < 4.78 is 24.1. The summed E-state index contributed by atoms with van der Waals surface area (Å²) in [7, 11) is 1.44. The molecule has 0 aliphatic rings. The number of halogens is 1. The third kappa shape index (κ3) is 3.48. The molecule has 0 aliphatic carbocycles. The summed E-state index contributed by atoms with van der Waals surface area (Å²) in [6.07, 6.45) is 0. The molecule has 0 saturated carbocycles. The average molecular weight is 275 g/mol. The molecule has 1 unspecified atom stereocenters. The van der Waals surface area contributed by atoms with E-state index in [-0.39, 0.29) is 11.8 Å². The molecule has 0 aliphatic heterocycles. The van der Waals surface area contributed by atoms with Crippen LogP contribution in [-0.4, -0.2) is 7.11 Å². The van der Waals surface area contributed by atoms with E-state index in [4.69, 9.17) is 15.2 Å². The molecule has 0 fully saturated rings. The third-order valence-electron chi connectivity index (χ3n) is 3.01. The van der Waals surface area contributed by atoms with Gasteiger partial charge in [-0.2, -0.15) is 0 Å². The number of ether oxygens (including phenoxy) is 2. The normalized spacial score (nSPS) is 12.0. The van der Waals surface area contributed by atoms with Crippen LogP contribution in [0.1, 0.15) is 24.1 Å². The van der Waals surface area contributed by atoms with Crippen molar-refractivity contribution in [2.24, 2.45) is 5.73 Å². The summed E-state index contributed by atoms with van der Waals surface area (Å²) >= 11 is 0. The molecule has 2 aromatic rings. The molecule has 4 heteroatoms. The highest BCUT2D eigenvalue weighted by atomic mass is 19.1. The fourth-order valence-electron chi connectivity index (χ4n) is 1.85. The molecule has 0 bridgehead atoms. The Morgan fingerprint density at radius 1 is 1.20 bits per heavy atom. The largest absolute Gasteiger partial charge is 0.494 e. The maximum atomic E-state index is 13.5. The molecule has 106 valence electrons. The van der Waals surface area contributed by atoms with Gasteiger partial charge in [-0.15, -0.1) is 0 Å². The van der Waals surface area contributed by atoms with Gasteiger partial charge in [-0.25, -0.2) is 4.39 Å². The summed E-state index contributed by atoms with van der Waals surface area (Å²) in [6, 6.07) is 12.3. The lowest BCUT2D eigenvalue weighted by Crippen LogP contribution is -2.05. The molecule has 2 N–H and O–H groups in total. The lowest BCUT2D eigenvalue weighted by molar-refractivity contribution is 0.304. The number of hydrogen-bond acceptors (Lipinski definition) is 3. The number of hydrogen-bond donors (Lipinski definition) is 1. The molecule has 0 aromatic heterocycles. The maximum Gasteiger partial charge on any atom is 0.165 e. The second-order valence-electron chi connectivity index (χ2n) is 4.62. The predicted molar refractivity (Wildman–Crippen MR) is 76.3 cm³/mol. The van der Waals surface area contributed by atoms with Crippen LogP contribution < -0.4 is 15.2 Å². The molecule has 1 atom stereocenters. The van der Waals surface area contributed by atoms with Crippen molar-refractivity contribution in [3.05, 3.63) is 59.4 Å². The van der Waals surface area contributed by atoms with Gasteiger partial charge in [-0.05, 0) is 42.3 Å². The van der Waals surface area contributed by atoms with Crippen molar-refractivity contribution >= 4 is 0 Å². The zero-order chi connectivity index (χ0) is 14.5. The summed E-state index contributed by atoms with van der Waals surface area (Å²) in [5.74, 6) is 0.557. The Bertz CT molecular complexity index is 584. The first-order valence-corrected chi connectivity index (χ1v) is 6.41. The van der Waals surface area contributed by atoms with Crippen LogP contribution in [0.2, 0.25) is 0 Å². The molecule has 2 aromatic carbocycles. The standard InChI is InChI=1S/C16H18FNO2/c1-11(18)13-4-3-5-14(9-13)20-10-12-6-7-16(19-2)15(17)8-12/h3-9,11H,10,18H2,1-2H3. The Morgan fingerprint density at radius 3 is 2.65 bits per heavy atom. The number of benzene rings is 2. The van der Waals surface area contributed by atoms with E-state index in [9.17, 15) is 4.39 Å². The lowest BCUT2D eigenvalue weighted by atomic mass is 10.1. The molecule has 3 nitrogen and oxygen atoms in total. The van der Waals surface area contributed by atoms with E-state index in [0.717, 1.165) is 16.9 Å². The second-order valence-corrected chi connectivity index (χ2v) is 4.62. The van der Waals surface area contributed by atoms with E-state index in [0.29, 0.717) is 6.61 Å². The van der Waals surface area contributed by atoms with E-state index in [1.165, 1.54) is 13.2 Å². The van der Waals surface area contributed by atoms with E-state index >= 15 is 0 Å². The van der Waals surface area contributed by atoms with E-state index < -0.39 is 5.82 Å². The summed E-state index contributed by atoms with van der Waals surface area (Å²) in [6.45, 7) is 2.21. The maximum absolute atomic E-state index is 13.5. The molecule has 0 amide bonds. The number of rotatable bonds is 5. The average Bonchev–Trinajstić information content (AvgIpc) is 2.45. The van der Waals surface area contributed by atoms with Crippen molar-refractivity contribution in [1.82, 2.24) is 0 Å². The van der Waals surface area contributed by atoms with E-state index in [1.54, 1.807) is 12.1 Å². The van der Waals surface area contributed by atoms with Crippen molar-refractivity contribution in [1.29, 1.82) is 0 Å². The van der Waals surface area contributed by atoms with Gasteiger partial charge in [0.25, 0.3) is 0 Å². The Morgan fingerprint density at radius 2 is 2.00 bits per heavy atom. The fraction of sp³-hybridized carbons (Fsp3) is 0.250. The van der Waals surface area contributed by atoms with Crippen LogP contribution in [0.3, 0.4) is 0 Å². The Balaban J connectivity index is 2.05. The molecule has 0 saturated heterocycles. The summed E-state index contributed by atoms with van der Waals surface area (Å²) in [4.78, 5) is 0. The monoisotopic (exact) mass is 275 g/mol. The second kappa shape index (κ2) is 6.39. The molecule has 0 radical (unpaired) electrons. The highest BCUT2D eigenvalue weighted by Crippen LogP contribution is 2.21. The Hall–Kier alpha value is -2.07. The van der Waals surface area contributed by atoms with E-state index in [2.05, 4.69) is 0 Å².